The van der Waals surface area contributed by atoms with Crippen LogP contribution >= 0.6 is 11.3 Å². The Labute approximate surface area is 118 Å². The summed E-state index contributed by atoms with van der Waals surface area (Å²) in [6.07, 6.45) is 0. The quantitative estimate of drug-likeness (QED) is 0.866. The van der Waals surface area contributed by atoms with Crippen molar-refractivity contribution in [2.45, 2.75) is 24.8 Å². The lowest BCUT2D eigenvalue weighted by Gasteiger charge is -2.23. The first kappa shape index (κ1) is 14.2. The van der Waals surface area contributed by atoms with Gasteiger partial charge in [-0.2, -0.15) is 4.31 Å². The predicted molar refractivity (Wildman–Crippen MR) is 78.9 cm³/mol. The van der Waals surface area contributed by atoms with Gasteiger partial charge in [0.15, 0.2) is 0 Å². The zero-order valence-electron chi connectivity index (χ0n) is 11.2. The zero-order valence-corrected chi connectivity index (χ0v) is 12.8. The first-order chi connectivity index (χ1) is 8.93. The Morgan fingerprint density at radius 2 is 1.74 bits per heavy atom. The summed E-state index contributed by atoms with van der Waals surface area (Å²) in [6, 6.07) is 12.4. The lowest BCUT2D eigenvalue weighted by molar-refractivity contribution is 0.403. The van der Waals surface area contributed by atoms with Gasteiger partial charge in [-0.25, -0.2) is 8.42 Å². The summed E-state index contributed by atoms with van der Waals surface area (Å²) in [5, 5.41) is 0. The monoisotopic (exact) mass is 295 g/mol. The van der Waals surface area contributed by atoms with Crippen molar-refractivity contribution in [2.75, 3.05) is 7.05 Å². The van der Waals surface area contributed by atoms with Gasteiger partial charge in [-0.05, 0) is 38.1 Å². The molecule has 1 heterocycles. The van der Waals surface area contributed by atoms with Crippen molar-refractivity contribution >= 4 is 21.4 Å². The Kier molecular flexibility index (Phi) is 4.08. The highest BCUT2D eigenvalue weighted by molar-refractivity contribution is 7.89. The minimum absolute atomic E-state index is 0.163. The third kappa shape index (κ3) is 2.88. The van der Waals surface area contributed by atoms with Crippen LogP contribution in [0, 0.1) is 6.92 Å². The van der Waals surface area contributed by atoms with Gasteiger partial charge in [-0.15, -0.1) is 11.3 Å². The first-order valence-corrected chi connectivity index (χ1v) is 8.28. The van der Waals surface area contributed by atoms with Crippen LogP contribution < -0.4 is 0 Å². The highest BCUT2D eigenvalue weighted by atomic mass is 32.2. The Morgan fingerprint density at radius 3 is 2.26 bits per heavy atom. The molecule has 19 heavy (non-hydrogen) atoms. The van der Waals surface area contributed by atoms with Gasteiger partial charge in [0.2, 0.25) is 10.0 Å². The summed E-state index contributed by atoms with van der Waals surface area (Å²) in [7, 11) is -1.81. The topological polar surface area (TPSA) is 37.4 Å². The molecular weight excluding hydrogens is 278 g/mol. The van der Waals surface area contributed by atoms with Crippen LogP contribution in [-0.4, -0.2) is 19.8 Å². The van der Waals surface area contributed by atoms with Crippen molar-refractivity contribution in [1.29, 1.82) is 0 Å². The SMILES string of the molecule is Cc1ccc(C(C)N(C)S(=O)(=O)c2ccccc2)s1. The van der Waals surface area contributed by atoms with Crippen LogP contribution in [0.3, 0.4) is 0 Å². The standard InChI is InChI=1S/C14H17NO2S2/c1-11-9-10-14(18-11)12(2)15(3)19(16,17)13-7-5-4-6-8-13/h4-10,12H,1-3H3. The average Bonchev–Trinajstić information content (AvgIpc) is 2.84. The van der Waals surface area contributed by atoms with Crippen LogP contribution in [-0.2, 0) is 10.0 Å². The molecule has 0 saturated heterocycles. The van der Waals surface area contributed by atoms with Gasteiger partial charge in [0, 0.05) is 16.8 Å². The van der Waals surface area contributed by atoms with Gasteiger partial charge in [-0.1, -0.05) is 18.2 Å². The molecule has 3 nitrogen and oxygen atoms in total. The highest BCUT2D eigenvalue weighted by Gasteiger charge is 2.26. The fraction of sp³-hybridized carbons (Fsp3) is 0.286. The minimum Gasteiger partial charge on any atom is -0.207 e. The molecule has 0 fully saturated rings. The van der Waals surface area contributed by atoms with Crippen molar-refractivity contribution < 1.29 is 8.42 Å². The second-order valence-corrected chi connectivity index (χ2v) is 7.78. The Hall–Kier alpha value is -1.17. The molecule has 0 aliphatic carbocycles. The van der Waals surface area contributed by atoms with E-state index in [0.717, 1.165) is 4.88 Å². The summed E-state index contributed by atoms with van der Waals surface area (Å²) in [5.74, 6) is 0. The number of nitrogens with zero attached hydrogens (tertiary/aromatic N) is 1. The van der Waals surface area contributed by atoms with Gasteiger partial charge in [0.25, 0.3) is 0 Å². The minimum atomic E-state index is -3.44. The molecule has 102 valence electrons. The Balaban J connectivity index is 2.31. The summed E-state index contributed by atoms with van der Waals surface area (Å²) >= 11 is 1.63. The second-order valence-electron chi connectivity index (χ2n) is 4.46. The molecule has 1 aromatic heterocycles. The molecule has 0 N–H and O–H groups in total. The molecule has 2 rings (SSSR count). The zero-order chi connectivity index (χ0) is 14.0. The summed E-state index contributed by atoms with van der Waals surface area (Å²) < 4.78 is 26.4. The van der Waals surface area contributed by atoms with E-state index in [4.69, 9.17) is 0 Å². The normalized spacial score (nSPS) is 13.7. The summed E-state index contributed by atoms with van der Waals surface area (Å²) in [4.78, 5) is 2.57. The summed E-state index contributed by atoms with van der Waals surface area (Å²) in [5.41, 5.74) is 0. The van der Waals surface area contributed by atoms with Gasteiger partial charge in [-0.3, -0.25) is 0 Å². The maximum atomic E-state index is 12.5. The number of hydrogen-bond acceptors (Lipinski definition) is 3. The molecule has 0 spiro atoms. The van der Waals surface area contributed by atoms with Crippen molar-refractivity contribution in [3.05, 3.63) is 52.2 Å². The van der Waals surface area contributed by atoms with E-state index < -0.39 is 10.0 Å². The van der Waals surface area contributed by atoms with Crippen LogP contribution in [0.25, 0.3) is 0 Å². The number of thiophene rings is 1. The molecule has 0 radical (unpaired) electrons. The average molecular weight is 295 g/mol. The lowest BCUT2D eigenvalue weighted by atomic mass is 10.3. The van der Waals surface area contributed by atoms with Crippen molar-refractivity contribution in [3.8, 4) is 0 Å². The van der Waals surface area contributed by atoms with Crippen molar-refractivity contribution in [2.24, 2.45) is 0 Å². The third-order valence-corrected chi connectivity index (χ3v) is 6.25. The molecule has 1 aromatic carbocycles. The van der Waals surface area contributed by atoms with Gasteiger partial charge in [0.1, 0.15) is 0 Å². The van der Waals surface area contributed by atoms with Crippen molar-refractivity contribution in [3.63, 3.8) is 0 Å². The van der Waals surface area contributed by atoms with Gasteiger partial charge >= 0.3 is 0 Å². The number of benzene rings is 1. The fourth-order valence-corrected chi connectivity index (χ4v) is 4.23. The maximum Gasteiger partial charge on any atom is 0.243 e. The molecule has 0 bridgehead atoms. The fourth-order valence-electron chi connectivity index (χ4n) is 1.82. The van der Waals surface area contributed by atoms with E-state index in [1.807, 2.05) is 32.0 Å². The Morgan fingerprint density at radius 1 is 1.11 bits per heavy atom. The van der Waals surface area contributed by atoms with E-state index in [-0.39, 0.29) is 6.04 Å². The summed E-state index contributed by atoms with van der Waals surface area (Å²) in [6.45, 7) is 3.93. The van der Waals surface area contributed by atoms with E-state index >= 15 is 0 Å². The van der Waals surface area contributed by atoms with Crippen LogP contribution in [0.2, 0.25) is 0 Å². The predicted octanol–water partition coefficient (Wildman–Crippen LogP) is 3.44. The molecule has 1 atom stereocenters. The highest BCUT2D eigenvalue weighted by Crippen LogP contribution is 2.30. The van der Waals surface area contributed by atoms with E-state index in [0.29, 0.717) is 4.90 Å². The van der Waals surface area contributed by atoms with E-state index in [9.17, 15) is 8.42 Å². The van der Waals surface area contributed by atoms with Gasteiger partial charge < -0.3 is 0 Å². The van der Waals surface area contributed by atoms with E-state index in [1.54, 1.807) is 42.6 Å². The molecule has 0 aliphatic heterocycles. The lowest BCUT2D eigenvalue weighted by Crippen LogP contribution is -2.29. The van der Waals surface area contributed by atoms with E-state index in [1.165, 1.54) is 9.18 Å². The molecule has 0 amide bonds. The number of hydrogen-bond donors (Lipinski definition) is 0. The van der Waals surface area contributed by atoms with Crippen LogP contribution in [0.4, 0.5) is 0 Å². The first-order valence-electron chi connectivity index (χ1n) is 6.02. The third-order valence-electron chi connectivity index (χ3n) is 3.14. The molecule has 2 aromatic rings. The molecular formula is C14H17NO2S2. The Bertz CT molecular complexity index is 647. The second kappa shape index (κ2) is 5.45. The van der Waals surface area contributed by atoms with Gasteiger partial charge in [0.05, 0.1) is 10.9 Å². The largest absolute Gasteiger partial charge is 0.243 e. The van der Waals surface area contributed by atoms with Crippen LogP contribution in [0.15, 0.2) is 47.4 Å². The van der Waals surface area contributed by atoms with Crippen LogP contribution in [0.1, 0.15) is 22.7 Å². The van der Waals surface area contributed by atoms with E-state index in [2.05, 4.69) is 0 Å². The smallest absolute Gasteiger partial charge is 0.207 e. The molecule has 0 saturated carbocycles. The number of sulfonamides is 1. The number of aryl methyl sites for hydroxylation is 1. The molecule has 1 unspecified atom stereocenters. The maximum absolute atomic E-state index is 12.5. The van der Waals surface area contributed by atoms with Crippen LogP contribution in [0.5, 0.6) is 0 Å². The molecule has 5 heteroatoms. The number of rotatable bonds is 4. The molecule has 0 aliphatic rings. The van der Waals surface area contributed by atoms with Crippen molar-refractivity contribution in [1.82, 2.24) is 4.31 Å².